The molecule has 0 spiro atoms. The number of aryl methyl sites for hydroxylation is 2. The second-order valence-electron chi connectivity index (χ2n) is 8.75. The Morgan fingerprint density at radius 2 is 1.87 bits per heavy atom. The molecule has 0 N–H and O–H groups in total. The number of benzene rings is 1. The predicted molar refractivity (Wildman–Crippen MR) is 150 cm³/mol. The molecule has 9 heteroatoms. The molecular weight excluding hydrogens is 505 g/mol. The standard InChI is InChI=1S/C20H25N5O2.C9H10ClF/c1-4-16(17-8-6-7-9-21-17)18-15(3)22-14-23-19(18)24-10-12-25(13-11-24)20(26)27-5-2;1-2-3-7-4-5-9(11)8(10)6-7/h4,6-9,14H,5,10-13H2,1-3H3;4-6H,2-3H2,1H3/b16-4-;. The van der Waals surface area contributed by atoms with Crippen molar-refractivity contribution in [2.24, 2.45) is 0 Å². The Kier molecular flexibility index (Phi) is 11.0. The van der Waals surface area contributed by atoms with Crippen LogP contribution in [0.4, 0.5) is 15.0 Å². The number of pyridine rings is 1. The van der Waals surface area contributed by atoms with Crippen LogP contribution in [0.15, 0.2) is 55.0 Å². The van der Waals surface area contributed by atoms with Crippen LogP contribution in [0.5, 0.6) is 0 Å². The van der Waals surface area contributed by atoms with Gasteiger partial charge in [0.25, 0.3) is 0 Å². The van der Waals surface area contributed by atoms with E-state index in [1.54, 1.807) is 29.6 Å². The van der Waals surface area contributed by atoms with Gasteiger partial charge in [-0.25, -0.2) is 19.2 Å². The van der Waals surface area contributed by atoms with Crippen LogP contribution in [0.1, 0.15) is 49.7 Å². The van der Waals surface area contributed by atoms with Crippen LogP contribution in [0, 0.1) is 12.7 Å². The number of allylic oxidation sites excluding steroid dienone is 1. The minimum absolute atomic E-state index is 0.218. The summed E-state index contributed by atoms with van der Waals surface area (Å²) in [5, 5.41) is 0.218. The molecule has 0 atom stereocenters. The first kappa shape index (κ1) is 29.0. The molecule has 0 radical (unpaired) electrons. The van der Waals surface area contributed by atoms with E-state index in [-0.39, 0.29) is 16.9 Å². The number of nitrogens with zero attached hydrogens (tertiary/aromatic N) is 5. The monoisotopic (exact) mass is 539 g/mol. The number of ether oxygens (including phenoxy) is 1. The summed E-state index contributed by atoms with van der Waals surface area (Å²) >= 11 is 5.57. The molecule has 0 aliphatic carbocycles. The van der Waals surface area contributed by atoms with E-state index in [0.29, 0.717) is 32.8 Å². The third-order valence-corrected chi connectivity index (χ3v) is 6.43. The lowest BCUT2D eigenvalue weighted by atomic mass is 10.00. The molecule has 1 fully saturated rings. The number of amides is 1. The number of carbonyl (C=O) groups excluding carboxylic acids is 1. The van der Waals surface area contributed by atoms with E-state index >= 15 is 0 Å². The van der Waals surface area contributed by atoms with Crippen molar-refractivity contribution in [1.82, 2.24) is 19.9 Å². The van der Waals surface area contributed by atoms with Gasteiger partial charge in [-0.2, -0.15) is 0 Å². The molecule has 1 aromatic carbocycles. The lowest BCUT2D eigenvalue weighted by Gasteiger charge is -2.35. The van der Waals surface area contributed by atoms with Crippen LogP contribution in [-0.4, -0.2) is 58.7 Å². The lowest BCUT2D eigenvalue weighted by molar-refractivity contribution is 0.105. The Balaban J connectivity index is 0.000000304. The van der Waals surface area contributed by atoms with E-state index in [0.717, 1.165) is 46.7 Å². The van der Waals surface area contributed by atoms with E-state index in [1.165, 1.54) is 6.07 Å². The molecule has 0 unspecified atom stereocenters. The van der Waals surface area contributed by atoms with Crippen molar-refractivity contribution in [3.05, 3.63) is 88.4 Å². The molecule has 3 aromatic rings. The number of halogens is 2. The third-order valence-electron chi connectivity index (χ3n) is 6.14. The first-order valence-corrected chi connectivity index (χ1v) is 13.3. The van der Waals surface area contributed by atoms with Gasteiger partial charge in [0.2, 0.25) is 0 Å². The average Bonchev–Trinajstić information content (AvgIpc) is 2.93. The van der Waals surface area contributed by atoms with Gasteiger partial charge < -0.3 is 14.5 Å². The first-order chi connectivity index (χ1) is 18.4. The zero-order valence-electron chi connectivity index (χ0n) is 22.5. The zero-order valence-corrected chi connectivity index (χ0v) is 23.2. The fourth-order valence-corrected chi connectivity index (χ4v) is 4.46. The number of aromatic nitrogens is 3. The number of hydrogen-bond donors (Lipinski definition) is 0. The second kappa shape index (κ2) is 14.4. The van der Waals surface area contributed by atoms with Crippen LogP contribution in [-0.2, 0) is 11.2 Å². The van der Waals surface area contributed by atoms with E-state index in [2.05, 4.69) is 26.8 Å². The highest BCUT2D eigenvalue weighted by atomic mass is 35.5. The summed E-state index contributed by atoms with van der Waals surface area (Å²) in [6.45, 7) is 10.9. The molecule has 38 heavy (non-hydrogen) atoms. The van der Waals surface area contributed by atoms with Gasteiger partial charge in [0.05, 0.1) is 23.0 Å². The molecule has 0 bridgehead atoms. The van der Waals surface area contributed by atoms with Crippen molar-refractivity contribution >= 4 is 29.1 Å². The number of anilines is 1. The van der Waals surface area contributed by atoms with Crippen LogP contribution >= 0.6 is 11.6 Å². The Bertz CT molecular complexity index is 1230. The van der Waals surface area contributed by atoms with Crippen LogP contribution in [0.25, 0.3) is 5.57 Å². The first-order valence-electron chi connectivity index (χ1n) is 12.9. The smallest absolute Gasteiger partial charge is 0.409 e. The Hall–Kier alpha value is -3.52. The highest BCUT2D eigenvalue weighted by Crippen LogP contribution is 2.31. The van der Waals surface area contributed by atoms with Gasteiger partial charge in [-0.15, -0.1) is 0 Å². The van der Waals surface area contributed by atoms with Gasteiger partial charge in [-0.1, -0.05) is 43.2 Å². The second-order valence-corrected chi connectivity index (χ2v) is 9.15. The molecule has 1 aliphatic heterocycles. The summed E-state index contributed by atoms with van der Waals surface area (Å²) in [6.07, 6.45) is 7.20. The minimum atomic E-state index is -0.341. The van der Waals surface area contributed by atoms with Gasteiger partial charge in [0.15, 0.2) is 0 Å². The summed E-state index contributed by atoms with van der Waals surface area (Å²) < 4.78 is 17.7. The molecule has 7 nitrogen and oxygen atoms in total. The van der Waals surface area contributed by atoms with E-state index < -0.39 is 0 Å². The fraction of sp³-hybridized carbons (Fsp3) is 0.379. The molecule has 1 aliphatic rings. The van der Waals surface area contributed by atoms with Gasteiger partial charge >= 0.3 is 6.09 Å². The molecule has 4 rings (SSSR count). The summed E-state index contributed by atoms with van der Waals surface area (Å²) in [4.78, 5) is 29.4. The van der Waals surface area contributed by atoms with Crippen LogP contribution in [0.2, 0.25) is 5.02 Å². The van der Waals surface area contributed by atoms with Gasteiger partial charge in [-0.05, 0) is 57.0 Å². The average molecular weight is 540 g/mol. The third kappa shape index (κ3) is 7.51. The number of piperazine rings is 1. The molecular formula is C29H35ClFN5O2. The van der Waals surface area contributed by atoms with Gasteiger partial charge in [0, 0.05) is 43.5 Å². The lowest BCUT2D eigenvalue weighted by Crippen LogP contribution is -2.49. The summed E-state index contributed by atoms with van der Waals surface area (Å²) in [5.41, 5.74) is 4.90. The van der Waals surface area contributed by atoms with Gasteiger partial charge in [0.1, 0.15) is 18.0 Å². The normalized spacial score (nSPS) is 13.6. The van der Waals surface area contributed by atoms with Crippen molar-refractivity contribution in [3.63, 3.8) is 0 Å². The molecule has 0 saturated carbocycles. The molecule has 2 aromatic heterocycles. The largest absolute Gasteiger partial charge is 0.450 e. The maximum absolute atomic E-state index is 12.6. The van der Waals surface area contributed by atoms with Crippen LogP contribution in [0.3, 0.4) is 0 Å². The van der Waals surface area contributed by atoms with E-state index in [4.69, 9.17) is 16.3 Å². The SMILES string of the molecule is C/C=C(/c1ccccn1)c1c(C)ncnc1N1CCN(C(=O)OCC)CC1.CCCc1ccc(F)c(Cl)c1. The summed E-state index contributed by atoms with van der Waals surface area (Å²) in [6, 6.07) is 10.7. The summed E-state index contributed by atoms with van der Waals surface area (Å²) in [7, 11) is 0. The molecule has 1 amide bonds. The molecule has 1 saturated heterocycles. The number of hydrogen-bond acceptors (Lipinski definition) is 6. The fourth-order valence-electron chi connectivity index (χ4n) is 4.26. The van der Waals surface area contributed by atoms with Crippen molar-refractivity contribution < 1.29 is 13.9 Å². The summed E-state index contributed by atoms with van der Waals surface area (Å²) in [5.74, 6) is 0.538. The highest BCUT2D eigenvalue weighted by Gasteiger charge is 2.26. The number of carbonyl (C=O) groups is 1. The van der Waals surface area contributed by atoms with Crippen molar-refractivity contribution in [3.8, 4) is 0 Å². The number of rotatable bonds is 6. The van der Waals surface area contributed by atoms with Crippen LogP contribution < -0.4 is 4.90 Å². The van der Waals surface area contributed by atoms with Crippen molar-refractivity contribution in [2.45, 2.75) is 40.5 Å². The predicted octanol–water partition coefficient (Wildman–Crippen LogP) is 6.34. The Morgan fingerprint density at radius 3 is 2.47 bits per heavy atom. The maximum atomic E-state index is 12.6. The minimum Gasteiger partial charge on any atom is -0.450 e. The van der Waals surface area contributed by atoms with E-state index in [9.17, 15) is 9.18 Å². The van der Waals surface area contributed by atoms with Crippen molar-refractivity contribution in [1.29, 1.82) is 0 Å². The Morgan fingerprint density at radius 1 is 1.11 bits per heavy atom. The topological polar surface area (TPSA) is 71.5 Å². The zero-order chi connectivity index (χ0) is 27.5. The highest BCUT2D eigenvalue weighted by molar-refractivity contribution is 6.30. The molecule has 3 heterocycles. The Labute approximate surface area is 229 Å². The van der Waals surface area contributed by atoms with Crippen molar-refractivity contribution in [2.75, 3.05) is 37.7 Å². The van der Waals surface area contributed by atoms with Gasteiger partial charge in [-0.3, -0.25) is 4.98 Å². The van der Waals surface area contributed by atoms with E-state index in [1.807, 2.05) is 45.0 Å². The maximum Gasteiger partial charge on any atom is 0.409 e. The quantitative estimate of drug-likeness (QED) is 0.364. The molecule has 202 valence electrons.